The molecule has 0 amide bonds. The van der Waals surface area contributed by atoms with Crippen molar-refractivity contribution < 1.29 is 4.74 Å². The molecule has 1 unspecified atom stereocenters. The Morgan fingerprint density at radius 3 is 3.12 bits per heavy atom. The zero-order chi connectivity index (χ0) is 12.3. The highest BCUT2D eigenvalue weighted by atomic mass is 79.9. The number of rotatable bonds is 5. The fourth-order valence-corrected chi connectivity index (χ4v) is 2.42. The Bertz CT molecular complexity index is 417. The summed E-state index contributed by atoms with van der Waals surface area (Å²) in [6.07, 6.45) is 2.33. The minimum atomic E-state index is 0.523. The van der Waals surface area contributed by atoms with Crippen LogP contribution < -0.4 is 10.1 Å². The maximum atomic E-state index is 5.62. The lowest BCUT2D eigenvalue weighted by atomic mass is 10.1. The highest BCUT2D eigenvalue weighted by Gasteiger charge is 2.21. The van der Waals surface area contributed by atoms with Gasteiger partial charge in [0.1, 0.15) is 12.4 Å². The van der Waals surface area contributed by atoms with Crippen molar-refractivity contribution in [2.75, 3.05) is 13.2 Å². The fraction of sp³-hybridized carbons (Fsp3) is 0.429. The van der Waals surface area contributed by atoms with Gasteiger partial charge in [-0.25, -0.2) is 0 Å². The summed E-state index contributed by atoms with van der Waals surface area (Å²) in [5, 5.41) is 3.51. The molecule has 0 bridgehead atoms. The molecule has 17 heavy (non-hydrogen) atoms. The molecule has 3 heteroatoms. The second kappa shape index (κ2) is 5.69. The van der Waals surface area contributed by atoms with Crippen molar-refractivity contribution >= 4 is 15.9 Å². The van der Waals surface area contributed by atoms with E-state index in [-0.39, 0.29) is 0 Å². The van der Waals surface area contributed by atoms with E-state index in [2.05, 4.69) is 46.9 Å². The summed E-state index contributed by atoms with van der Waals surface area (Å²) in [4.78, 5) is 0. The number of halogens is 1. The Labute approximate surface area is 111 Å². The van der Waals surface area contributed by atoms with Crippen molar-refractivity contribution in [2.24, 2.45) is 0 Å². The van der Waals surface area contributed by atoms with Gasteiger partial charge in [0.15, 0.2) is 0 Å². The molecule has 92 valence electrons. The summed E-state index contributed by atoms with van der Waals surface area (Å²) < 4.78 is 6.49. The summed E-state index contributed by atoms with van der Waals surface area (Å²) in [6, 6.07) is 6.91. The van der Waals surface area contributed by atoms with Gasteiger partial charge in [-0.15, -0.1) is 0 Å². The predicted octanol–water partition coefficient (Wildman–Crippen LogP) is 3.57. The van der Waals surface area contributed by atoms with Gasteiger partial charge in [0.05, 0.1) is 0 Å². The Morgan fingerprint density at radius 1 is 1.59 bits per heavy atom. The molecule has 0 spiro atoms. The van der Waals surface area contributed by atoms with E-state index in [9.17, 15) is 0 Å². The van der Waals surface area contributed by atoms with E-state index in [0.717, 1.165) is 23.2 Å². The van der Waals surface area contributed by atoms with Gasteiger partial charge >= 0.3 is 0 Å². The first-order chi connectivity index (χ1) is 8.20. The summed E-state index contributed by atoms with van der Waals surface area (Å²) in [5.74, 6) is 0.932. The van der Waals surface area contributed by atoms with E-state index in [1.165, 1.54) is 17.5 Å². The van der Waals surface area contributed by atoms with Crippen LogP contribution >= 0.6 is 15.9 Å². The number of benzene rings is 1. The predicted molar refractivity (Wildman–Crippen MR) is 74.7 cm³/mol. The smallest absolute Gasteiger partial charge is 0.120 e. The number of aryl methyl sites for hydroxylation is 1. The lowest BCUT2D eigenvalue weighted by molar-refractivity contribution is 0.360. The molecule has 1 aromatic rings. The molecule has 0 saturated heterocycles. The van der Waals surface area contributed by atoms with Crippen molar-refractivity contribution in [3.05, 3.63) is 40.4 Å². The minimum Gasteiger partial charge on any atom is -0.488 e. The van der Waals surface area contributed by atoms with Gasteiger partial charge in [0.2, 0.25) is 0 Å². The molecule has 1 aliphatic rings. The van der Waals surface area contributed by atoms with Gasteiger partial charge < -0.3 is 10.1 Å². The number of hydrogen-bond acceptors (Lipinski definition) is 2. The summed E-state index contributed by atoms with van der Waals surface area (Å²) in [5.41, 5.74) is 2.84. The molecular weight excluding hydrogens is 278 g/mol. The van der Waals surface area contributed by atoms with Gasteiger partial charge in [0, 0.05) is 10.5 Å². The number of fused-ring (bicyclic) bond motifs is 1. The van der Waals surface area contributed by atoms with Crippen LogP contribution in [0.15, 0.2) is 29.3 Å². The monoisotopic (exact) mass is 295 g/mol. The lowest BCUT2D eigenvalue weighted by Crippen LogP contribution is -2.18. The van der Waals surface area contributed by atoms with Crippen LogP contribution in [0.25, 0.3) is 0 Å². The van der Waals surface area contributed by atoms with Crippen LogP contribution in [0.5, 0.6) is 5.75 Å². The first-order valence-corrected chi connectivity index (χ1v) is 6.82. The van der Waals surface area contributed by atoms with E-state index < -0.39 is 0 Å². The Morgan fingerprint density at radius 2 is 2.41 bits per heavy atom. The summed E-state index contributed by atoms with van der Waals surface area (Å²) >= 11 is 3.29. The lowest BCUT2D eigenvalue weighted by Gasteiger charge is -2.13. The highest BCUT2D eigenvalue weighted by molar-refractivity contribution is 9.11. The first-order valence-electron chi connectivity index (χ1n) is 6.03. The standard InChI is InChI=1S/C14H18BrNO/c1-3-16-14-7-4-11-8-12(5-6-13(11)14)17-9-10(2)15/h5-6,8,14,16H,2-4,7,9H2,1H3. The van der Waals surface area contributed by atoms with Crippen LogP contribution in [0.2, 0.25) is 0 Å². The maximum Gasteiger partial charge on any atom is 0.120 e. The van der Waals surface area contributed by atoms with E-state index in [1.807, 2.05) is 6.07 Å². The molecule has 2 nitrogen and oxygen atoms in total. The number of nitrogens with one attached hydrogen (secondary N) is 1. The molecule has 0 aromatic heterocycles. The van der Waals surface area contributed by atoms with Gasteiger partial charge in [-0.3, -0.25) is 0 Å². The molecule has 1 atom stereocenters. The van der Waals surface area contributed by atoms with Gasteiger partial charge in [-0.05, 0) is 42.6 Å². The Kier molecular flexibility index (Phi) is 4.24. The normalized spacial score (nSPS) is 17.9. The van der Waals surface area contributed by atoms with Crippen molar-refractivity contribution in [3.63, 3.8) is 0 Å². The molecule has 0 saturated carbocycles. The molecule has 2 rings (SSSR count). The third-order valence-electron chi connectivity index (χ3n) is 3.04. The van der Waals surface area contributed by atoms with Crippen LogP contribution in [0.4, 0.5) is 0 Å². The molecule has 0 radical (unpaired) electrons. The Balaban J connectivity index is 2.08. The zero-order valence-electron chi connectivity index (χ0n) is 10.1. The topological polar surface area (TPSA) is 21.3 Å². The first kappa shape index (κ1) is 12.7. The molecule has 1 aliphatic carbocycles. The van der Waals surface area contributed by atoms with Crippen LogP contribution in [0.3, 0.4) is 0 Å². The van der Waals surface area contributed by atoms with E-state index in [0.29, 0.717) is 12.6 Å². The van der Waals surface area contributed by atoms with Crippen molar-refractivity contribution in [1.29, 1.82) is 0 Å². The van der Waals surface area contributed by atoms with E-state index >= 15 is 0 Å². The van der Waals surface area contributed by atoms with Crippen LogP contribution in [0.1, 0.15) is 30.5 Å². The Hall–Kier alpha value is -0.800. The molecule has 1 N–H and O–H groups in total. The second-order valence-corrected chi connectivity index (χ2v) is 5.44. The fourth-order valence-electron chi connectivity index (χ4n) is 2.30. The second-order valence-electron chi connectivity index (χ2n) is 4.32. The molecule has 1 aromatic carbocycles. The van der Waals surface area contributed by atoms with Gasteiger partial charge in [-0.1, -0.05) is 35.5 Å². The van der Waals surface area contributed by atoms with E-state index in [1.54, 1.807) is 0 Å². The molecule has 0 heterocycles. The third kappa shape index (κ3) is 3.11. The molecule has 0 fully saturated rings. The molecule has 0 aliphatic heterocycles. The van der Waals surface area contributed by atoms with Crippen molar-refractivity contribution in [3.8, 4) is 5.75 Å². The quantitative estimate of drug-likeness (QED) is 0.897. The van der Waals surface area contributed by atoms with Crippen molar-refractivity contribution in [1.82, 2.24) is 5.32 Å². The van der Waals surface area contributed by atoms with E-state index in [4.69, 9.17) is 4.74 Å². The van der Waals surface area contributed by atoms with Crippen LogP contribution in [-0.2, 0) is 6.42 Å². The third-order valence-corrected chi connectivity index (χ3v) is 3.27. The van der Waals surface area contributed by atoms with Gasteiger partial charge in [0.25, 0.3) is 0 Å². The SMILES string of the molecule is C=C(Br)COc1ccc2c(c1)CCC2NCC. The van der Waals surface area contributed by atoms with Crippen LogP contribution in [0, 0.1) is 0 Å². The zero-order valence-corrected chi connectivity index (χ0v) is 11.7. The number of ether oxygens (including phenoxy) is 1. The highest BCUT2D eigenvalue weighted by Crippen LogP contribution is 2.33. The summed E-state index contributed by atoms with van der Waals surface area (Å²) in [6.45, 7) is 7.45. The average Bonchev–Trinajstić information content (AvgIpc) is 2.70. The minimum absolute atomic E-state index is 0.523. The average molecular weight is 296 g/mol. The van der Waals surface area contributed by atoms with Crippen LogP contribution in [-0.4, -0.2) is 13.2 Å². The largest absolute Gasteiger partial charge is 0.488 e. The number of hydrogen-bond donors (Lipinski definition) is 1. The summed E-state index contributed by atoms with van der Waals surface area (Å²) in [7, 11) is 0. The molecular formula is C14H18BrNO. The van der Waals surface area contributed by atoms with Crippen molar-refractivity contribution in [2.45, 2.75) is 25.8 Å². The van der Waals surface area contributed by atoms with Gasteiger partial charge in [-0.2, -0.15) is 0 Å². The maximum absolute atomic E-state index is 5.62.